The zero-order valence-corrected chi connectivity index (χ0v) is 17.1. The van der Waals surface area contributed by atoms with Gasteiger partial charge in [0.1, 0.15) is 17.4 Å². The van der Waals surface area contributed by atoms with E-state index in [9.17, 15) is 19.1 Å². The van der Waals surface area contributed by atoms with E-state index >= 15 is 0 Å². The second-order valence-corrected chi connectivity index (χ2v) is 7.79. The van der Waals surface area contributed by atoms with E-state index in [0.717, 1.165) is 5.56 Å². The molecule has 0 fully saturated rings. The van der Waals surface area contributed by atoms with Crippen LogP contribution in [0, 0.1) is 5.82 Å². The van der Waals surface area contributed by atoms with Gasteiger partial charge in [0.05, 0.1) is 19.3 Å². The molecule has 1 amide bonds. The summed E-state index contributed by atoms with van der Waals surface area (Å²) in [6, 6.07) is 7.61. The lowest BCUT2D eigenvalue weighted by atomic mass is 9.80. The normalized spacial score (nSPS) is 14.0. The maximum absolute atomic E-state index is 13.2. The summed E-state index contributed by atoms with van der Waals surface area (Å²) in [7, 11) is 1.27. The molecule has 8 heteroatoms. The number of ether oxygens (including phenoxy) is 1. The second kappa shape index (κ2) is 8.71. The number of rotatable bonds is 6. The molecular formula is C22H24FN3O4. The number of amides is 1. The molecule has 0 aliphatic carbocycles. The first-order valence-electron chi connectivity index (χ1n) is 9.54. The Labute approximate surface area is 174 Å². The number of nitrogens with one attached hydrogen (secondary N) is 1. The number of aliphatic hydroxyl groups is 1. The summed E-state index contributed by atoms with van der Waals surface area (Å²) in [5.74, 6) is -0.546. The van der Waals surface area contributed by atoms with E-state index in [4.69, 9.17) is 0 Å². The first-order chi connectivity index (χ1) is 14.2. The molecule has 0 unspecified atom stereocenters. The molecule has 1 aliphatic rings. The Kier molecular flexibility index (Phi) is 6.26. The number of carbonyl (C=O) groups is 2. The van der Waals surface area contributed by atoms with Crippen molar-refractivity contribution in [1.29, 1.82) is 0 Å². The van der Waals surface area contributed by atoms with E-state index in [1.54, 1.807) is 38.2 Å². The molecule has 0 spiro atoms. The van der Waals surface area contributed by atoms with Gasteiger partial charge in [-0.1, -0.05) is 12.1 Å². The molecular weight excluding hydrogens is 389 g/mol. The number of alkyl carbamates (subject to hydrolysis) is 1. The first kappa shape index (κ1) is 21.6. The Morgan fingerprint density at radius 3 is 2.63 bits per heavy atom. The average molecular weight is 413 g/mol. The standard InChI is InChI=1S/C22H24FN3O4/c1-22(2,29)19(13-4-6-15(23)7-5-13)10-17(27)9-16-8-14-11-25-20(18(14)12-24-16)26-21(28)30-3/h4-8,12,19,29H,9-11H2,1-3H3,(H,25,26,28)/t19-/m0/s1. The van der Waals surface area contributed by atoms with Crippen LogP contribution in [-0.2, 0) is 22.5 Å². The Hall–Kier alpha value is -3.13. The van der Waals surface area contributed by atoms with Crippen LogP contribution in [-0.4, -0.2) is 40.5 Å². The summed E-state index contributed by atoms with van der Waals surface area (Å²) in [5, 5.41) is 13.1. The lowest BCUT2D eigenvalue weighted by Crippen LogP contribution is -2.31. The first-order valence-corrected chi connectivity index (χ1v) is 9.54. The number of benzene rings is 1. The van der Waals surface area contributed by atoms with Crippen molar-refractivity contribution in [2.45, 2.75) is 44.8 Å². The van der Waals surface area contributed by atoms with Gasteiger partial charge in [-0.15, -0.1) is 0 Å². The van der Waals surface area contributed by atoms with Crippen LogP contribution < -0.4 is 5.32 Å². The van der Waals surface area contributed by atoms with Gasteiger partial charge in [-0.25, -0.2) is 9.18 Å². The van der Waals surface area contributed by atoms with Crippen LogP contribution in [0.15, 0.2) is 41.5 Å². The van der Waals surface area contributed by atoms with Crippen molar-refractivity contribution in [3.05, 3.63) is 64.7 Å². The summed E-state index contributed by atoms with van der Waals surface area (Å²) in [5.41, 5.74) is 1.68. The molecule has 3 rings (SSSR count). The van der Waals surface area contributed by atoms with Gasteiger partial charge in [0.15, 0.2) is 0 Å². The molecule has 2 heterocycles. The number of Topliss-reactive ketones (excluding diaryl/α,β-unsaturated/α-hetero) is 1. The molecule has 7 nitrogen and oxygen atoms in total. The number of amidine groups is 1. The maximum atomic E-state index is 13.2. The second-order valence-electron chi connectivity index (χ2n) is 7.79. The highest BCUT2D eigenvalue weighted by Crippen LogP contribution is 2.32. The van der Waals surface area contributed by atoms with E-state index in [2.05, 4.69) is 20.0 Å². The third-order valence-electron chi connectivity index (χ3n) is 5.05. The lowest BCUT2D eigenvalue weighted by Gasteiger charge is -2.29. The number of halogens is 1. The van der Waals surface area contributed by atoms with E-state index in [1.165, 1.54) is 19.2 Å². The predicted molar refractivity (Wildman–Crippen MR) is 109 cm³/mol. The van der Waals surface area contributed by atoms with Gasteiger partial charge in [-0.05, 0) is 43.2 Å². The minimum Gasteiger partial charge on any atom is -0.453 e. The van der Waals surface area contributed by atoms with Crippen molar-refractivity contribution in [2.24, 2.45) is 4.99 Å². The molecule has 158 valence electrons. The highest BCUT2D eigenvalue weighted by atomic mass is 19.1. The van der Waals surface area contributed by atoms with E-state index in [1.807, 2.05) is 0 Å². The van der Waals surface area contributed by atoms with Crippen molar-refractivity contribution in [3.8, 4) is 0 Å². The van der Waals surface area contributed by atoms with Crippen LogP contribution in [0.1, 0.15) is 48.6 Å². The average Bonchev–Trinajstić information content (AvgIpc) is 3.08. The molecule has 1 aliphatic heterocycles. The quantitative estimate of drug-likeness (QED) is 0.758. The number of hydrogen-bond donors (Lipinski definition) is 2. The Morgan fingerprint density at radius 2 is 2.00 bits per heavy atom. The van der Waals surface area contributed by atoms with Crippen molar-refractivity contribution in [1.82, 2.24) is 10.3 Å². The molecule has 2 N–H and O–H groups in total. The van der Waals surface area contributed by atoms with Crippen molar-refractivity contribution >= 4 is 17.7 Å². The third-order valence-corrected chi connectivity index (χ3v) is 5.05. The number of ketones is 1. The number of carbonyl (C=O) groups excluding carboxylic acids is 2. The van der Waals surface area contributed by atoms with Crippen molar-refractivity contribution < 1.29 is 23.8 Å². The summed E-state index contributed by atoms with van der Waals surface area (Å²) in [4.78, 5) is 32.7. The summed E-state index contributed by atoms with van der Waals surface area (Å²) in [6.45, 7) is 3.64. The van der Waals surface area contributed by atoms with E-state index in [-0.39, 0.29) is 24.4 Å². The lowest BCUT2D eigenvalue weighted by molar-refractivity contribution is -0.120. The van der Waals surface area contributed by atoms with Gasteiger partial charge in [-0.3, -0.25) is 20.1 Å². The molecule has 0 saturated heterocycles. The van der Waals surface area contributed by atoms with Crippen molar-refractivity contribution in [2.75, 3.05) is 7.11 Å². The minimum atomic E-state index is -1.15. The molecule has 0 radical (unpaired) electrons. The maximum Gasteiger partial charge on any atom is 0.412 e. The molecule has 0 bridgehead atoms. The zero-order valence-electron chi connectivity index (χ0n) is 17.1. The third kappa shape index (κ3) is 5.07. The zero-order chi connectivity index (χ0) is 21.9. The van der Waals surface area contributed by atoms with Crippen LogP contribution in [0.2, 0.25) is 0 Å². The highest BCUT2D eigenvalue weighted by molar-refractivity contribution is 6.08. The van der Waals surface area contributed by atoms with E-state index in [0.29, 0.717) is 29.2 Å². The van der Waals surface area contributed by atoms with Crippen LogP contribution in [0.3, 0.4) is 0 Å². The molecule has 2 aromatic rings. The topological polar surface area (TPSA) is 101 Å². The van der Waals surface area contributed by atoms with Gasteiger partial charge in [-0.2, -0.15) is 0 Å². The molecule has 1 aromatic heterocycles. The van der Waals surface area contributed by atoms with Gasteiger partial charge >= 0.3 is 6.09 Å². The number of fused-ring (bicyclic) bond motifs is 1. The van der Waals surface area contributed by atoms with Gasteiger partial charge in [0.25, 0.3) is 0 Å². The van der Waals surface area contributed by atoms with Gasteiger partial charge < -0.3 is 9.84 Å². The number of nitrogens with zero attached hydrogens (tertiary/aromatic N) is 2. The fraction of sp³-hybridized carbons (Fsp3) is 0.364. The predicted octanol–water partition coefficient (Wildman–Crippen LogP) is 2.89. The summed E-state index contributed by atoms with van der Waals surface area (Å²) < 4.78 is 17.8. The highest BCUT2D eigenvalue weighted by Gasteiger charge is 2.30. The minimum absolute atomic E-state index is 0.0919. The number of aromatic nitrogens is 1. The van der Waals surface area contributed by atoms with Gasteiger partial charge in [0.2, 0.25) is 0 Å². The number of aliphatic imine (C=N–C) groups is 1. The number of pyridine rings is 1. The molecule has 1 atom stereocenters. The summed E-state index contributed by atoms with van der Waals surface area (Å²) >= 11 is 0. The van der Waals surface area contributed by atoms with Crippen LogP contribution in [0.4, 0.5) is 9.18 Å². The van der Waals surface area contributed by atoms with Crippen LogP contribution in [0.25, 0.3) is 0 Å². The summed E-state index contributed by atoms with van der Waals surface area (Å²) in [6.07, 6.45) is 1.16. The van der Waals surface area contributed by atoms with E-state index < -0.39 is 17.6 Å². The fourth-order valence-electron chi connectivity index (χ4n) is 3.46. The van der Waals surface area contributed by atoms with Crippen LogP contribution >= 0.6 is 0 Å². The smallest absolute Gasteiger partial charge is 0.412 e. The molecule has 30 heavy (non-hydrogen) atoms. The van der Waals surface area contributed by atoms with Gasteiger partial charge in [0, 0.05) is 36.2 Å². The largest absolute Gasteiger partial charge is 0.453 e. The Morgan fingerprint density at radius 1 is 1.30 bits per heavy atom. The molecule has 0 saturated carbocycles. The number of hydrogen-bond acceptors (Lipinski definition) is 6. The monoisotopic (exact) mass is 413 g/mol. The Bertz CT molecular complexity index is 981. The number of methoxy groups -OCH3 is 1. The fourth-order valence-corrected chi connectivity index (χ4v) is 3.46. The van der Waals surface area contributed by atoms with Crippen molar-refractivity contribution in [3.63, 3.8) is 0 Å². The van der Waals surface area contributed by atoms with Crippen LogP contribution in [0.5, 0.6) is 0 Å². The molecule has 1 aromatic carbocycles. The Balaban J connectivity index is 1.70. The SMILES string of the molecule is COC(=O)NC1=NCc2cc(CC(=O)C[C@@H](c3ccc(F)cc3)C(C)(C)O)ncc21.